The van der Waals surface area contributed by atoms with Crippen LogP contribution in [-0.4, -0.2) is 27.4 Å². The van der Waals surface area contributed by atoms with Gasteiger partial charge in [-0.25, -0.2) is 5.43 Å². The van der Waals surface area contributed by atoms with E-state index >= 15 is 0 Å². The van der Waals surface area contributed by atoms with E-state index in [0.717, 1.165) is 39.6 Å². The molecule has 1 aromatic carbocycles. The van der Waals surface area contributed by atoms with Crippen molar-refractivity contribution in [2.24, 2.45) is 5.10 Å². The third-order valence-electron chi connectivity index (χ3n) is 4.69. The summed E-state index contributed by atoms with van der Waals surface area (Å²) in [6, 6.07) is 10.0. The first kappa shape index (κ1) is 18.6. The number of aryl methyl sites for hydroxylation is 3. The summed E-state index contributed by atoms with van der Waals surface area (Å²) < 4.78 is 2.00. The third kappa shape index (κ3) is 4.13. The van der Waals surface area contributed by atoms with E-state index in [1.807, 2.05) is 62.7 Å². The molecule has 0 saturated heterocycles. The van der Waals surface area contributed by atoms with Gasteiger partial charge in [0.2, 0.25) is 17.3 Å². The Hall–Kier alpha value is -3.22. The monoisotopic (exact) mass is 365 g/mol. The molecule has 7 nitrogen and oxygen atoms in total. The Morgan fingerprint density at radius 3 is 2.59 bits per heavy atom. The lowest BCUT2D eigenvalue weighted by molar-refractivity contribution is -0.661. The van der Waals surface area contributed by atoms with Gasteiger partial charge in [0.15, 0.2) is 0 Å². The average Bonchev–Trinajstić information content (AvgIpc) is 3.13. The molecule has 0 saturated carbocycles. The van der Waals surface area contributed by atoms with E-state index in [0.29, 0.717) is 12.8 Å². The number of hydrazone groups is 1. The Morgan fingerprint density at radius 2 is 1.93 bits per heavy atom. The summed E-state index contributed by atoms with van der Waals surface area (Å²) in [6.45, 7) is 7.91. The van der Waals surface area contributed by atoms with Gasteiger partial charge in [0, 0.05) is 31.2 Å². The van der Waals surface area contributed by atoms with Crippen LogP contribution in [0.15, 0.2) is 35.4 Å². The third-order valence-corrected chi connectivity index (χ3v) is 4.69. The van der Waals surface area contributed by atoms with Gasteiger partial charge < -0.3 is 0 Å². The lowest BCUT2D eigenvalue weighted by Gasteiger charge is -2.01. The molecule has 0 atom stereocenters. The highest BCUT2D eigenvalue weighted by molar-refractivity contribution is 5.84. The van der Waals surface area contributed by atoms with Gasteiger partial charge in [-0.05, 0) is 32.8 Å². The smallest absolute Gasteiger partial charge is 0.240 e. The number of carbonyl (C=O) groups is 1. The number of hydrogen-bond acceptors (Lipinski definition) is 3. The number of para-hydroxylation sites is 1. The summed E-state index contributed by atoms with van der Waals surface area (Å²) in [5.74, 6) is -0.118. The second-order valence-corrected chi connectivity index (χ2v) is 6.61. The summed E-state index contributed by atoms with van der Waals surface area (Å²) in [4.78, 5) is 12.1. The fraction of sp³-hybridized carbons (Fsp3) is 0.300. The van der Waals surface area contributed by atoms with Gasteiger partial charge in [-0.15, -0.1) is 0 Å². The van der Waals surface area contributed by atoms with Gasteiger partial charge in [-0.2, -0.15) is 15.3 Å². The molecule has 0 fully saturated rings. The minimum atomic E-state index is -0.118. The molecule has 27 heavy (non-hydrogen) atoms. The number of hydrogen-bond donors (Lipinski definition) is 3. The molecule has 3 rings (SSSR count). The van der Waals surface area contributed by atoms with Gasteiger partial charge in [0.25, 0.3) is 0 Å². The highest BCUT2D eigenvalue weighted by Gasteiger charge is 2.19. The first-order chi connectivity index (χ1) is 13.0. The molecular formula is C20H25N6O+. The molecule has 3 N–H and O–H groups in total. The van der Waals surface area contributed by atoms with Crippen molar-refractivity contribution in [1.29, 1.82) is 0 Å². The van der Waals surface area contributed by atoms with Crippen LogP contribution in [0.25, 0.3) is 5.69 Å². The number of H-pyrrole nitrogens is 2. The van der Waals surface area contributed by atoms with E-state index in [2.05, 4.69) is 25.8 Å². The average molecular weight is 365 g/mol. The first-order valence-corrected chi connectivity index (χ1v) is 8.96. The molecule has 0 aliphatic rings. The van der Waals surface area contributed by atoms with Crippen molar-refractivity contribution in [2.45, 2.75) is 40.5 Å². The fourth-order valence-corrected chi connectivity index (χ4v) is 3.13. The van der Waals surface area contributed by atoms with E-state index < -0.39 is 0 Å². The van der Waals surface area contributed by atoms with Crippen LogP contribution in [0.4, 0.5) is 0 Å². The normalized spacial score (nSPS) is 11.3. The first-order valence-electron chi connectivity index (χ1n) is 8.96. The van der Waals surface area contributed by atoms with Crippen LogP contribution >= 0.6 is 0 Å². The molecule has 0 bridgehead atoms. The van der Waals surface area contributed by atoms with E-state index in [4.69, 9.17) is 0 Å². The Bertz CT molecular complexity index is 949. The predicted molar refractivity (Wildman–Crippen MR) is 104 cm³/mol. The van der Waals surface area contributed by atoms with Crippen LogP contribution in [0.3, 0.4) is 0 Å². The van der Waals surface area contributed by atoms with Crippen LogP contribution in [-0.2, 0) is 11.2 Å². The quantitative estimate of drug-likeness (QED) is 0.355. The summed E-state index contributed by atoms with van der Waals surface area (Å²) in [5, 5.41) is 14.5. The number of aromatic nitrogens is 4. The minimum Gasteiger partial charge on any atom is -0.282 e. The predicted octanol–water partition coefficient (Wildman–Crippen LogP) is 2.33. The van der Waals surface area contributed by atoms with E-state index in [9.17, 15) is 4.79 Å². The highest BCUT2D eigenvalue weighted by atomic mass is 16.2. The molecule has 7 heteroatoms. The molecule has 0 spiro atoms. The van der Waals surface area contributed by atoms with E-state index in [1.165, 1.54) is 0 Å². The van der Waals surface area contributed by atoms with Crippen molar-refractivity contribution in [3.05, 3.63) is 64.2 Å². The lowest BCUT2D eigenvalue weighted by atomic mass is 10.1. The second-order valence-electron chi connectivity index (χ2n) is 6.61. The summed E-state index contributed by atoms with van der Waals surface area (Å²) in [7, 11) is 0. The van der Waals surface area contributed by atoms with Gasteiger partial charge in [0.05, 0.1) is 23.2 Å². The Morgan fingerprint density at radius 1 is 1.19 bits per heavy atom. The zero-order valence-electron chi connectivity index (χ0n) is 16.1. The number of rotatable bonds is 6. The second kappa shape index (κ2) is 7.99. The maximum absolute atomic E-state index is 12.1. The number of amides is 1. The topological polar surface area (TPSA) is 89.8 Å². The molecule has 0 aliphatic carbocycles. The zero-order chi connectivity index (χ0) is 19.4. The Kier molecular flexibility index (Phi) is 5.49. The molecule has 0 unspecified atom stereocenters. The molecule has 2 aromatic heterocycles. The number of nitrogens with one attached hydrogen (secondary N) is 3. The maximum Gasteiger partial charge on any atom is 0.240 e. The maximum atomic E-state index is 12.1. The molecule has 140 valence electrons. The minimum absolute atomic E-state index is 0.118. The van der Waals surface area contributed by atoms with Crippen molar-refractivity contribution in [1.82, 2.24) is 20.7 Å². The molecule has 1 amide bonds. The fourth-order valence-electron chi connectivity index (χ4n) is 3.13. The van der Waals surface area contributed by atoms with Gasteiger partial charge in [0.1, 0.15) is 0 Å². The SMILES string of the molecule is Cc1n[nH]c(C)c1CCC(=O)N/N=C/c1c(C)[nH][n+](-c2ccccc2)c1C. The number of benzene rings is 1. The zero-order valence-corrected chi connectivity index (χ0v) is 16.1. The lowest BCUT2D eigenvalue weighted by Crippen LogP contribution is -2.35. The summed E-state index contributed by atoms with van der Waals surface area (Å²) in [6.07, 6.45) is 2.70. The Balaban J connectivity index is 1.63. The highest BCUT2D eigenvalue weighted by Crippen LogP contribution is 2.12. The van der Waals surface area contributed by atoms with Crippen LogP contribution in [0.5, 0.6) is 0 Å². The largest absolute Gasteiger partial charge is 0.282 e. The molecule has 3 aromatic rings. The Labute approximate surface area is 158 Å². The molecular weight excluding hydrogens is 340 g/mol. The number of carbonyl (C=O) groups excluding carboxylic acids is 1. The van der Waals surface area contributed by atoms with Gasteiger partial charge in [-0.1, -0.05) is 22.9 Å². The van der Waals surface area contributed by atoms with Crippen molar-refractivity contribution in [3.8, 4) is 5.69 Å². The van der Waals surface area contributed by atoms with Crippen LogP contribution < -0.4 is 10.1 Å². The van der Waals surface area contributed by atoms with Crippen molar-refractivity contribution >= 4 is 12.1 Å². The van der Waals surface area contributed by atoms with Crippen molar-refractivity contribution in [3.63, 3.8) is 0 Å². The molecule has 2 heterocycles. The van der Waals surface area contributed by atoms with Gasteiger partial charge in [-0.3, -0.25) is 9.89 Å². The summed E-state index contributed by atoms with van der Waals surface area (Å²) >= 11 is 0. The van der Waals surface area contributed by atoms with Crippen molar-refractivity contribution in [2.75, 3.05) is 0 Å². The standard InChI is InChI=1S/C20H24N6O/c1-13-18(14(2)23-22-13)10-11-20(27)24-21-12-19-15(3)25-26(16(19)4)17-8-6-5-7-9-17/h5-9,12H,10-11H2,1-4H3,(H2,22,23,24,27)/p+1/b21-12+. The van der Waals surface area contributed by atoms with E-state index in [1.54, 1.807) is 6.21 Å². The van der Waals surface area contributed by atoms with Crippen molar-refractivity contribution < 1.29 is 9.48 Å². The number of nitrogens with zero attached hydrogens (tertiary/aromatic N) is 3. The van der Waals surface area contributed by atoms with E-state index in [-0.39, 0.29) is 5.91 Å². The van der Waals surface area contributed by atoms with Gasteiger partial charge >= 0.3 is 0 Å². The number of aromatic amines is 2. The molecule has 0 radical (unpaired) electrons. The summed E-state index contributed by atoms with van der Waals surface area (Å²) in [5.41, 5.74) is 9.67. The van der Waals surface area contributed by atoms with Crippen LogP contribution in [0, 0.1) is 27.7 Å². The van der Waals surface area contributed by atoms with Crippen LogP contribution in [0.1, 0.15) is 40.3 Å². The molecule has 0 aliphatic heterocycles. The van der Waals surface area contributed by atoms with Crippen LogP contribution in [0.2, 0.25) is 0 Å².